The van der Waals surface area contributed by atoms with E-state index >= 15 is 0 Å². The third-order valence-corrected chi connectivity index (χ3v) is 1.98. The van der Waals surface area contributed by atoms with Crippen molar-refractivity contribution in [1.82, 2.24) is 0 Å². The second-order valence-corrected chi connectivity index (χ2v) is 3.27. The van der Waals surface area contributed by atoms with Crippen molar-refractivity contribution in [2.75, 3.05) is 0 Å². The zero-order chi connectivity index (χ0) is 10.7. The minimum atomic E-state index is -0.975. The highest BCUT2D eigenvalue weighted by molar-refractivity contribution is 5.68. The van der Waals surface area contributed by atoms with Gasteiger partial charge in [0.25, 0.3) is 0 Å². The Bertz CT molecular complexity index is 349. The van der Waals surface area contributed by atoms with Crippen molar-refractivity contribution in [3.05, 3.63) is 29.3 Å². The zero-order valence-electron chi connectivity index (χ0n) is 7.90. The van der Waals surface area contributed by atoms with E-state index < -0.39 is 12.0 Å². The van der Waals surface area contributed by atoms with Gasteiger partial charge in [0.2, 0.25) is 0 Å². The Hall–Kier alpha value is -1.55. The average molecular weight is 195 g/mol. The number of benzene rings is 1. The van der Waals surface area contributed by atoms with Crippen LogP contribution in [0.2, 0.25) is 0 Å². The second-order valence-electron chi connectivity index (χ2n) is 3.27. The van der Waals surface area contributed by atoms with Gasteiger partial charge in [-0.2, -0.15) is 0 Å². The molecule has 1 unspecified atom stereocenters. The predicted molar refractivity (Wildman–Crippen MR) is 52.0 cm³/mol. The summed E-state index contributed by atoms with van der Waals surface area (Å²) in [5.74, 6) is -0.920. The fraction of sp³-hybridized carbons (Fsp3) is 0.300. The Balaban J connectivity index is 2.90. The molecule has 1 aromatic rings. The summed E-state index contributed by atoms with van der Waals surface area (Å²) in [5, 5.41) is 18.0. The van der Waals surface area contributed by atoms with Crippen molar-refractivity contribution in [3.8, 4) is 5.75 Å². The van der Waals surface area contributed by atoms with Crippen LogP contribution in [0.15, 0.2) is 18.2 Å². The highest BCUT2D eigenvalue weighted by atomic mass is 16.4. The Labute approximate surface area is 82.0 Å². The van der Waals surface area contributed by atoms with Gasteiger partial charge >= 0.3 is 5.97 Å². The molecule has 0 aliphatic carbocycles. The first-order valence-corrected chi connectivity index (χ1v) is 4.27. The minimum absolute atomic E-state index is 0.0544. The first-order chi connectivity index (χ1) is 6.50. The average Bonchev–Trinajstić information content (AvgIpc) is 2.01. The second kappa shape index (κ2) is 4.11. The fourth-order valence-electron chi connectivity index (χ4n) is 1.27. The number of hydrogen-bond donors (Lipinski definition) is 3. The van der Waals surface area contributed by atoms with E-state index in [9.17, 15) is 9.90 Å². The normalized spacial score (nSPS) is 12.4. The number of phenolic OH excluding ortho intramolecular Hbond substituents is 1. The van der Waals surface area contributed by atoms with Crippen molar-refractivity contribution in [1.29, 1.82) is 0 Å². The molecule has 0 spiro atoms. The molecule has 0 saturated carbocycles. The Morgan fingerprint density at radius 2 is 2.21 bits per heavy atom. The van der Waals surface area contributed by atoms with Crippen LogP contribution in [0.5, 0.6) is 5.75 Å². The third-order valence-electron chi connectivity index (χ3n) is 1.98. The van der Waals surface area contributed by atoms with Gasteiger partial charge in [0, 0.05) is 11.6 Å². The molecule has 4 N–H and O–H groups in total. The van der Waals surface area contributed by atoms with E-state index in [-0.39, 0.29) is 12.2 Å². The van der Waals surface area contributed by atoms with Crippen LogP contribution in [0.3, 0.4) is 0 Å². The first-order valence-electron chi connectivity index (χ1n) is 4.27. The molecule has 0 fully saturated rings. The number of aliphatic carboxylic acids is 1. The third kappa shape index (κ3) is 2.47. The van der Waals surface area contributed by atoms with Crippen molar-refractivity contribution in [2.24, 2.45) is 5.73 Å². The monoisotopic (exact) mass is 195 g/mol. The molecule has 0 aliphatic rings. The molecule has 4 nitrogen and oxygen atoms in total. The van der Waals surface area contributed by atoms with Gasteiger partial charge in [0.1, 0.15) is 5.75 Å². The van der Waals surface area contributed by atoms with Gasteiger partial charge in [-0.15, -0.1) is 0 Å². The molecular weight excluding hydrogens is 182 g/mol. The van der Waals surface area contributed by atoms with E-state index in [0.717, 1.165) is 5.56 Å². The molecule has 1 rings (SSSR count). The van der Waals surface area contributed by atoms with Gasteiger partial charge in [-0.25, -0.2) is 0 Å². The predicted octanol–water partition coefficient (Wildman–Crippen LogP) is 1.18. The number of rotatable bonds is 3. The smallest absolute Gasteiger partial charge is 0.305 e. The van der Waals surface area contributed by atoms with Gasteiger partial charge in [0.15, 0.2) is 0 Å². The SMILES string of the molecule is Cc1ccc(C(N)CC(=O)O)c(O)c1. The van der Waals surface area contributed by atoms with Crippen LogP contribution in [-0.2, 0) is 4.79 Å². The number of nitrogens with two attached hydrogens (primary N) is 1. The molecule has 0 aliphatic heterocycles. The lowest BCUT2D eigenvalue weighted by atomic mass is 10.0. The molecule has 0 aromatic heterocycles. The quantitative estimate of drug-likeness (QED) is 0.676. The van der Waals surface area contributed by atoms with Crippen LogP contribution < -0.4 is 5.73 Å². The van der Waals surface area contributed by atoms with Crippen LogP contribution in [0.4, 0.5) is 0 Å². The number of hydrogen-bond acceptors (Lipinski definition) is 3. The number of aromatic hydroxyl groups is 1. The van der Waals surface area contributed by atoms with E-state index in [1.165, 1.54) is 0 Å². The van der Waals surface area contributed by atoms with Gasteiger partial charge in [0.05, 0.1) is 6.42 Å². The summed E-state index contributed by atoms with van der Waals surface area (Å²) in [6, 6.07) is 4.35. The molecule has 76 valence electrons. The van der Waals surface area contributed by atoms with Crippen LogP contribution in [0.25, 0.3) is 0 Å². The van der Waals surface area contributed by atoms with Crippen LogP contribution in [-0.4, -0.2) is 16.2 Å². The molecule has 14 heavy (non-hydrogen) atoms. The van der Waals surface area contributed by atoms with Gasteiger partial charge in [-0.05, 0) is 18.6 Å². The molecule has 0 saturated heterocycles. The first kappa shape index (κ1) is 10.5. The van der Waals surface area contributed by atoms with Gasteiger partial charge in [-0.3, -0.25) is 4.79 Å². The number of aryl methyl sites for hydroxylation is 1. The fourth-order valence-corrected chi connectivity index (χ4v) is 1.27. The standard InChI is InChI=1S/C10H13NO3/c1-6-2-3-7(9(12)4-6)8(11)5-10(13)14/h2-4,8,12H,5,11H2,1H3,(H,13,14). The maximum atomic E-state index is 10.4. The van der Waals surface area contributed by atoms with E-state index in [4.69, 9.17) is 10.8 Å². The van der Waals surface area contributed by atoms with Crippen molar-refractivity contribution >= 4 is 5.97 Å². The van der Waals surface area contributed by atoms with Crippen LogP contribution in [0, 0.1) is 6.92 Å². The van der Waals surface area contributed by atoms with Crippen LogP contribution >= 0.6 is 0 Å². The topological polar surface area (TPSA) is 83.6 Å². The summed E-state index contributed by atoms with van der Waals surface area (Å²) in [4.78, 5) is 10.4. The Kier molecular flexibility index (Phi) is 3.09. The van der Waals surface area contributed by atoms with Crippen LogP contribution in [0.1, 0.15) is 23.6 Å². The molecule has 4 heteroatoms. The van der Waals surface area contributed by atoms with E-state index in [1.807, 2.05) is 6.92 Å². The molecule has 0 heterocycles. The van der Waals surface area contributed by atoms with E-state index in [1.54, 1.807) is 18.2 Å². The summed E-state index contributed by atoms with van der Waals surface area (Å²) in [7, 11) is 0. The molecular formula is C10H13NO3. The minimum Gasteiger partial charge on any atom is -0.508 e. The summed E-state index contributed by atoms with van der Waals surface area (Å²) >= 11 is 0. The van der Waals surface area contributed by atoms with E-state index in [2.05, 4.69) is 0 Å². The lowest BCUT2D eigenvalue weighted by Gasteiger charge is -2.11. The number of carboxylic acids is 1. The highest BCUT2D eigenvalue weighted by Gasteiger charge is 2.13. The molecule has 0 bridgehead atoms. The zero-order valence-corrected chi connectivity index (χ0v) is 7.90. The summed E-state index contributed by atoms with van der Waals surface area (Å²) in [5.41, 5.74) is 6.99. The van der Waals surface area contributed by atoms with E-state index in [0.29, 0.717) is 5.56 Å². The summed E-state index contributed by atoms with van der Waals surface area (Å²) < 4.78 is 0. The maximum Gasteiger partial charge on any atom is 0.305 e. The van der Waals surface area contributed by atoms with Crippen molar-refractivity contribution in [2.45, 2.75) is 19.4 Å². The number of carbonyl (C=O) groups is 1. The van der Waals surface area contributed by atoms with Gasteiger partial charge < -0.3 is 15.9 Å². The number of phenols is 1. The summed E-state index contributed by atoms with van der Waals surface area (Å²) in [6.07, 6.45) is -0.184. The van der Waals surface area contributed by atoms with Crippen molar-refractivity contribution < 1.29 is 15.0 Å². The highest BCUT2D eigenvalue weighted by Crippen LogP contribution is 2.25. The van der Waals surface area contributed by atoms with Gasteiger partial charge in [-0.1, -0.05) is 12.1 Å². The maximum absolute atomic E-state index is 10.4. The van der Waals surface area contributed by atoms with Crippen molar-refractivity contribution in [3.63, 3.8) is 0 Å². The Morgan fingerprint density at radius 1 is 1.57 bits per heavy atom. The lowest BCUT2D eigenvalue weighted by Crippen LogP contribution is -2.15. The molecule has 0 radical (unpaired) electrons. The lowest BCUT2D eigenvalue weighted by molar-refractivity contribution is -0.137. The number of carboxylic acid groups (broad SMARTS) is 1. The molecule has 1 atom stereocenters. The molecule has 1 aromatic carbocycles. The largest absolute Gasteiger partial charge is 0.508 e. The Morgan fingerprint density at radius 3 is 2.71 bits per heavy atom. The molecule has 0 amide bonds. The summed E-state index contributed by atoms with van der Waals surface area (Å²) in [6.45, 7) is 1.84.